The largest absolute Gasteiger partial charge is 0.441 e. The molecule has 34 heavy (non-hydrogen) atoms. The van der Waals surface area contributed by atoms with Crippen LogP contribution in [0.4, 0.5) is 15.5 Å². The fraction of sp³-hybridized carbons (Fsp3) is 0.542. The summed E-state index contributed by atoms with van der Waals surface area (Å²) < 4.78 is 27.2. The smallest absolute Gasteiger partial charge is 0.304 e. The number of fused-ring (bicyclic) bond motifs is 2. The summed E-state index contributed by atoms with van der Waals surface area (Å²) in [6.45, 7) is 10.1. The maximum Gasteiger partial charge on any atom is 0.304 e. The Morgan fingerprint density at radius 2 is 2.12 bits per heavy atom. The number of rotatable bonds is 7. The Bertz CT molecular complexity index is 1040. The molecule has 2 amide bonds. The van der Waals surface area contributed by atoms with Crippen LogP contribution in [0, 0.1) is 5.92 Å². The van der Waals surface area contributed by atoms with E-state index < -0.39 is 43.8 Å². The van der Waals surface area contributed by atoms with Gasteiger partial charge in [0.05, 0.1) is 18.2 Å². The Morgan fingerprint density at radius 1 is 1.41 bits per heavy atom. The molecule has 1 spiro atoms. The van der Waals surface area contributed by atoms with Crippen LogP contribution >= 0.6 is 0 Å². The Hall–Kier alpha value is -2.56. The van der Waals surface area contributed by atoms with Crippen molar-refractivity contribution in [1.82, 2.24) is 0 Å². The average Bonchev–Trinajstić information content (AvgIpc) is 3.15. The van der Waals surface area contributed by atoms with E-state index in [0.717, 1.165) is 0 Å². The molecule has 8 nitrogen and oxygen atoms in total. The highest BCUT2D eigenvalue weighted by Crippen LogP contribution is 2.60. The fourth-order valence-corrected chi connectivity index (χ4v) is 8.42. The van der Waals surface area contributed by atoms with Crippen molar-refractivity contribution in [2.45, 2.75) is 63.3 Å². The maximum absolute atomic E-state index is 15.5. The van der Waals surface area contributed by atoms with Gasteiger partial charge >= 0.3 is 5.97 Å². The van der Waals surface area contributed by atoms with E-state index >= 15 is 4.11 Å². The van der Waals surface area contributed by atoms with Crippen LogP contribution in [-0.2, 0) is 29.5 Å². The molecule has 3 aliphatic heterocycles. The second kappa shape index (κ2) is 8.58. The minimum Gasteiger partial charge on any atom is -0.441 e. The van der Waals surface area contributed by atoms with Crippen LogP contribution in [0.1, 0.15) is 32.3 Å². The van der Waals surface area contributed by atoms with Crippen LogP contribution in [0.2, 0.25) is 18.6 Å². The molecule has 1 aromatic carbocycles. The number of esters is 1. The molecule has 0 aromatic heterocycles. The van der Waals surface area contributed by atoms with Gasteiger partial charge in [-0.15, -0.1) is 6.58 Å². The number of halogens is 1. The lowest BCUT2D eigenvalue weighted by Gasteiger charge is -2.39. The Morgan fingerprint density at radius 3 is 2.68 bits per heavy atom. The van der Waals surface area contributed by atoms with E-state index in [2.05, 4.69) is 6.58 Å². The summed E-state index contributed by atoms with van der Waals surface area (Å²) in [6, 6.07) is 5.15. The van der Waals surface area contributed by atoms with Crippen molar-refractivity contribution in [2.75, 3.05) is 23.0 Å². The van der Waals surface area contributed by atoms with Crippen molar-refractivity contribution in [3.05, 3.63) is 36.4 Å². The number of ether oxygens (including phenoxy) is 2. The first-order chi connectivity index (χ1) is 16.0. The number of anilines is 2. The van der Waals surface area contributed by atoms with Crippen LogP contribution in [-0.4, -0.2) is 56.8 Å². The van der Waals surface area contributed by atoms with E-state index in [1.54, 1.807) is 42.3 Å². The summed E-state index contributed by atoms with van der Waals surface area (Å²) in [5, 5.41) is 9.63. The van der Waals surface area contributed by atoms with Crippen LogP contribution in [0.5, 0.6) is 0 Å². The highest BCUT2D eigenvalue weighted by molar-refractivity contribution is 6.72. The molecule has 3 aliphatic rings. The lowest BCUT2D eigenvalue weighted by molar-refractivity contribution is -0.153. The first-order valence-corrected chi connectivity index (χ1v) is 14.5. The topological polar surface area (TPSA) is 96.4 Å². The van der Waals surface area contributed by atoms with E-state index in [-0.39, 0.29) is 37.8 Å². The summed E-state index contributed by atoms with van der Waals surface area (Å²) >= 11 is 0. The molecule has 0 bridgehead atoms. The Kier molecular flexibility index (Phi) is 6.20. The van der Waals surface area contributed by atoms with E-state index in [1.165, 1.54) is 11.8 Å². The number of carbonyl (C=O) groups excluding carboxylic acids is 3. The third-order valence-electron chi connectivity index (χ3n) is 7.16. The molecule has 0 radical (unpaired) electrons. The van der Waals surface area contributed by atoms with Gasteiger partial charge in [-0.25, -0.2) is 0 Å². The molecule has 3 heterocycles. The molecule has 10 heteroatoms. The number of amides is 2. The summed E-state index contributed by atoms with van der Waals surface area (Å²) in [6.07, 6.45) is 0.587. The monoisotopic (exact) mass is 490 g/mol. The molecule has 1 unspecified atom stereocenters. The molecule has 1 N–H and O–H groups in total. The number of hydrogen-bond donors (Lipinski definition) is 1. The van der Waals surface area contributed by atoms with Crippen molar-refractivity contribution < 1.29 is 33.1 Å². The molecular weight excluding hydrogens is 459 g/mol. The zero-order valence-corrected chi connectivity index (χ0v) is 20.9. The van der Waals surface area contributed by atoms with Gasteiger partial charge in [0.2, 0.25) is 14.3 Å². The third-order valence-corrected chi connectivity index (χ3v) is 9.61. The fourth-order valence-electron chi connectivity index (χ4n) is 5.88. The van der Waals surface area contributed by atoms with Crippen LogP contribution < -0.4 is 9.80 Å². The second-order valence-electron chi connectivity index (χ2n) is 9.72. The van der Waals surface area contributed by atoms with Gasteiger partial charge in [0.1, 0.15) is 0 Å². The lowest BCUT2D eigenvalue weighted by Crippen LogP contribution is -2.55. The maximum atomic E-state index is 15.5. The van der Waals surface area contributed by atoms with Gasteiger partial charge in [-0.3, -0.25) is 19.3 Å². The SMILES string of the molecule is C=CCN1C(=O)[C@]2(O[C@H](CCO)[C@@H]([Si](C)(C)F)[C@@H]2C)c2cc(N3C(=O)CC3OC(C)=O)ccc21. The lowest BCUT2D eigenvalue weighted by atomic mass is 9.82. The van der Waals surface area contributed by atoms with Crippen LogP contribution in [0.15, 0.2) is 30.9 Å². The van der Waals surface area contributed by atoms with Gasteiger partial charge in [-0.1, -0.05) is 13.0 Å². The van der Waals surface area contributed by atoms with Gasteiger partial charge in [0, 0.05) is 42.8 Å². The van der Waals surface area contributed by atoms with E-state index in [4.69, 9.17) is 9.47 Å². The summed E-state index contributed by atoms with van der Waals surface area (Å²) in [5.74, 6) is -1.50. The molecule has 5 atom stereocenters. The normalized spacial score (nSPS) is 30.5. The molecule has 4 rings (SSSR count). The van der Waals surface area contributed by atoms with Crippen molar-refractivity contribution in [2.24, 2.45) is 5.92 Å². The van der Waals surface area contributed by atoms with Crippen LogP contribution in [0.3, 0.4) is 0 Å². The highest BCUT2D eigenvalue weighted by atomic mass is 28.4. The quantitative estimate of drug-likeness (QED) is 0.208. The number of carbonyl (C=O) groups is 3. The van der Waals surface area contributed by atoms with Crippen molar-refractivity contribution >= 4 is 37.6 Å². The van der Waals surface area contributed by atoms with Gasteiger partial charge in [0.15, 0.2) is 11.8 Å². The molecule has 184 valence electrons. The van der Waals surface area contributed by atoms with Crippen LogP contribution in [0.25, 0.3) is 0 Å². The minimum atomic E-state index is -3.29. The van der Waals surface area contributed by atoms with Crippen molar-refractivity contribution in [3.8, 4) is 0 Å². The van der Waals surface area contributed by atoms with Crippen molar-refractivity contribution in [3.63, 3.8) is 0 Å². The highest BCUT2D eigenvalue weighted by Gasteiger charge is 2.66. The Balaban J connectivity index is 1.84. The predicted molar refractivity (Wildman–Crippen MR) is 126 cm³/mol. The number of aliphatic hydroxyl groups excluding tert-OH is 1. The summed E-state index contributed by atoms with van der Waals surface area (Å²) in [5.41, 5.74) is -0.319. The predicted octanol–water partition coefficient (Wildman–Crippen LogP) is 3.00. The number of hydrogen-bond acceptors (Lipinski definition) is 6. The molecule has 1 aromatic rings. The van der Waals surface area contributed by atoms with E-state index in [0.29, 0.717) is 16.9 Å². The zero-order valence-electron chi connectivity index (χ0n) is 19.9. The first kappa shape index (κ1) is 24.6. The average molecular weight is 491 g/mol. The first-order valence-electron chi connectivity index (χ1n) is 11.5. The number of nitrogens with zero attached hydrogens (tertiary/aromatic N) is 2. The molecular formula is C24H31FN2O6Si. The van der Waals surface area contributed by atoms with Crippen molar-refractivity contribution in [1.29, 1.82) is 0 Å². The number of aliphatic hydroxyl groups is 1. The van der Waals surface area contributed by atoms with E-state index in [1.807, 2.05) is 6.92 Å². The molecule has 2 fully saturated rings. The molecule has 0 aliphatic carbocycles. The van der Waals surface area contributed by atoms with Gasteiger partial charge in [0.25, 0.3) is 5.91 Å². The van der Waals surface area contributed by atoms with E-state index in [9.17, 15) is 19.5 Å². The standard InChI is InChI=1S/C24H31FN2O6Si/c1-6-10-26-18-8-7-16(27-20(30)13-21(27)32-15(3)29)12-17(18)24(23(26)31)14(2)22(34(4,5)25)19(33-24)9-11-28/h6-8,12,14,19,21-22,28H,1,9-11,13H2,2-5H3/t14-,19+,21?,22-,24+/m0/s1. The molecule has 2 saturated heterocycles. The second-order valence-corrected chi connectivity index (χ2v) is 13.5. The zero-order chi connectivity index (χ0) is 25.0. The Labute approximate surface area is 199 Å². The van der Waals surface area contributed by atoms with Gasteiger partial charge in [-0.2, -0.15) is 0 Å². The summed E-state index contributed by atoms with van der Waals surface area (Å²) in [7, 11) is -3.29. The van der Waals surface area contributed by atoms with Gasteiger partial charge < -0.3 is 23.6 Å². The minimum absolute atomic E-state index is 0.0819. The number of benzene rings is 1. The summed E-state index contributed by atoms with van der Waals surface area (Å²) in [4.78, 5) is 40.7. The third kappa shape index (κ3) is 3.59. The number of β-lactam (4-membered cyclic amide) rings is 1. The van der Waals surface area contributed by atoms with Gasteiger partial charge in [-0.05, 0) is 37.7 Å². The molecule has 0 saturated carbocycles.